The summed E-state index contributed by atoms with van der Waals surface area (Å²) in [5.41, 5.74) is 7.64. The van der Waals surface area contributed by atoms with Crippen molar-refractivity contribution in [3.8, 4) is 0 Å². The van der Waals surface area contributed by atoms with Gasteiger partial charge in [0.05, 0.1) is 23.1 Å². The van der Waals surface area contributed by atoms with Gasteiger partial charge in [-0.2, -0.15) is 0 Å². The van der Waals surface area contributed by atoms with E-state index in [9.17, 15) is 4.79 Å². The van der Waals surface area contributed by atoms with Gasteiger partial charge in [-0.1, -0.05) is 0 Å². The second-order valence-electron chi connectivity index (χ2n) is 5.36. The number of nitrogens with zero attached hydrogens (tertiary/aromatic N) is 3. The number of pyridine rings is 1. The number of anilines is 1. The lowest BCUT2D eigenvalue weighted by Crippen LogP contribution is -2.42. The van der Waals surface area contributed by atoms with Gasteiger partial charge in [0.2, 0.25) is 0 Å². The van der Waals surface area contributed by atoms with Crippen LogP contribution in [0.1, 0.15) is 29.4 Å². The van der Waals surface area contributed by atoms with Crippen LogP contribution >= 0.6 is 0 Å². The molecule has 5 nitrogen and oxygen atoms in total. The monoisotopic (exact) mass is 262 g/mol. The Labute approximate surface area is 114 Å². The van der Waals surface area contributed by atoms with E-state index in [0.29, 0.717) is 11.3 Å². The van der Waals surface area contributed by atoms with Crippen molar-refractivity contribution in [2.24, 2.45) is 0 Å². The number of nitrogens with two attached hydrogens (primary N) is 1. The molecular weight excluding hydrogens is 240 g/mol. The number of amides is 1. The van der Waals surface area contributed by atoms with Gasteiger partial charge in [-0.05, 0) is 39.9 Å². The Morgan fingerprint density at radius 3 is 2.95 bits per heavy atom. The van der Waals surface area contributed by atoms with Gasteiger partial charge in [-0.15, -0.1) is 0 Å². The summed E-state index contributed by atoms with van der Waals surface area (Å²) in [7, 11) is 2.10. The molecule has 0 spiro atoms. The Hall–Kier alpha value is -1.62. The molecule has 2 heterocycles. The predicted molar refractivity (Wildman–Crippen MR) is 76.0 cm³/mol. The fourth-order valence-electron chi connectivity index (χ4n) is 2.59. The van der Waals surface area contributed by atoms with E-state index in [1.54, 1.807) is 12.3 Å². The van der Waals surface area contributed by atoms with E-state index in [2.05, 4.69) is 23.9 Å². The van der Waals surface area contributed by atoms with Gasteiger partial charge >= 0.3 is 0 Å². The van der Waals surface area contributed by atoms with Crippen molar-refractivity contribution in [3.63, 3.8) is 0 Å². The standard InChI is InChI=1S/C14H22N4O/c1-10-9-17(3)5-4-6-18(10)14(19)13-7-12(15)8-16-11(13)2/h7-8,10H,4-6,9,15H2,1-3H3. The van der Waals surface area contributed by atoms with Gasteiger partial charge in [0.15, 0.2) is 0 Å². The number of aromatic nitrogens is 1. The lowest BCUT2D eigenvalue weighted by atomic mass is 10.1. The summed E-state index contributed by atoms with van der Waals surface area (Å²) in [6.07, 6.45) is 2.59. The smallest absolute Gasteiger partial charge is 0.256 e. The second kappa shape index (κ2) is 5.57. The summed E-state index contributed by atoms with van der Waals surface area (Å²) in [5, 5.41) is 0. The van der Waals surface area contributed by atoms with Crippen LogP contribution in [0.2, 0.25) is 0 Å². The minimum atomic E-state index is 0.0418. The third-order valence-corrected chi connectivity index (χ3v) is 3.65. The Morgan fingerprint density at radius 2 is 2.21 bits per heavy atom. The topological polar surface area (TPSA) is 62.5 Å². The van der Waals surface area contributed by atoms with Gasteiger partial charge in [0.1, 0.15) is 0 Å². The molecule has 1 aromatic rings. The number of rotatable bonds is 1. The Balaban J connectivity index is 2.25. The van der Waals surface area contributed by atoms with E-state index in [-0.39, 0.29) is 11.9 Å². The minimum absolute atomic E-state index is 0.0418. The highest BCUT2D eigenvalue weighted by Crippen LogP contribution is 2.17. The molecule has 1 aromatic heterocycles. The number of hydrogen-bond acceptors (Lipinski definition) is 4. The molecule has 2 N–H and O–H groups in total. The maximum atomic E-state index is 12.7. The summed E-state index contributed by atoms with van der Waals surface area (Å²) in [6.45, 7) is 6.66. The molecule has 1 aliphatic heterocycles. The predicted octanol–water partition coefficient (Wildman–Crippen LogP) is 1.14. The molecule has 0 aliphatic carbocycles. The third-order valence-electron chi connectivity index (χ3n) is 3.65. The van der Waals surface area contributed by atoms with E-state index in [4.69, 9.17) is 5.73 Å². The first-order chi connectivity index (χ1) is 8.99. The number of aryl methyl sites for hydroxylation is 1. The lowest BCUT2D eigenvalue weighted by molar-refractivity contribution is 0.0695. The van der Waals surface area contributed by atoms with Gasteiger partial charge in [0, 0.05) is 19.1 Å². The fourth-order valence-corrected chi connectivity index (χ4v) is 2.59. The van der Waals surface area contributed by atoms with Crippen LogP contribution in [0.5, 0.6) is 0 Å². The number of likely N-dealkylation sites (N-methyl/N-ethyl adjacent to an activating group) is 1. The van der Waals surface area contributed by atoms with Crippen LogP contribution in [0.4, 0.5) is 5.69 Å². The third kappa shape index (κ3) is 3.04. The second-order valence-corrected chi connectivity index (χ2v) is 5.36. The molecule has 0 bridgehead atoms. The normalized spacial score (nSPS) is 21.2. The van der Waals surface area contributed by atoms with Crippen molar-refractivity contribution in [3.05, 3.63) is 23.5 Å². The first-order valence-electron chi connectivity index (χ1n) is 6.70. The maximum Gasteiger partial charge on any atom is 0.256 e. The zero-order valence-corrected chi connectivity index (χ0v) is 11.9. The van der Waals surface area contributed by atoms with Gasteiger partial charge < -0.3 is 15.5 Å². The van der Waals surface area contributed by atoms with E-state index >= 15 is 0 Å². The zero-order valence-electron chi connectivity index (χ0n) is 11.9. The first kappa shape index (κ1) is 13.8. The van der Waals surface area contributed by atoms with Crippen molar-refractivity contribution in [2.75, 3.05) is 32.4 Å². The molecule has 0 radical (unpaired) electrons. The van der Waals surface area contributed by atoms with E-state index in [1.807, 2.05) is 11.8 Å². The largest absolute Gasteiger partial charge is 0.397 e. The average molecular weight is 262 g/mol. The lowest BCUT2D eigenvalue weighted by Gasteiger charge is -2.28. The zero-order chi connectivity index (χ0) is 14.0. The number of hydrogen-bond donors (Lipinski definition) is 1. The minimum Gasteiger partial charge on any atom is -0.397 e. The van der Waals surface area contributed by atoms with Gasteiger partial charge in [0.25, 0.3) is 5.91 Å². The van der Waals surface area contributed by atoms with E-state index in [0.717, 1.165) is 31.7 Å². The molecule has 1 aliphatic rings. The molecule has 1 atom stereocenters. The van der Waals surface area contributed by atoms with E-state index in [1.165, 1.54) is 0 Å². The quantitative estimate of drug-likeness (QED) is 0.824. The maximum absolute atomic E-state index is 12.7. The summed E-state index contributed by atoms with van der Waals surface area (Å²) < 4.78 is 0. The molecule has 0 saturated carbocycles. The van der Waals surface area contributed by atoms with Crippen LogP contribution in [0.3, 0.4) is 0 Å². The number of carbonyl (C=O) groups excluding carboxylic acids is 1. The van der Waals surface area contributed by atoms with Crippen molar-refractivity contribution in [1.29, 1.82) is 0 Å². The van der Waals surface area contributed by atoms with Crippen molar-refractivity contribution in [2.45, 2.75) is 26.3 Å². The van der Waals surface area contributed by atoms with Crippen LogP contribution in [0.25, 0.3) is 0 Å². The van der Waals surface area contributed by atoms with E-state index < -0.39 is 0 Å². The van der Waals surface area contributed by atoms with Crippen molar-refractivity contribution >= 4 is 11.6 Å². The van der Waals surface area contributed by atoms with Crippen LogP contribution < -0.4 is 5.73 Å². The summed E-state index contributed by atoms with van der Waals surface area (Å²) >= 11 is 0. The van der Waals surface area contributed by atoms with Crippen LogP contribution in [-0.4, -0.2) is 53.4 Å². The summed E-state index contributed by atoms with van der Waals surface area (Å²) in [6, 6.07) is 1.94. The van der Waals surface area contributed by atoms with Crippen molar-refractivity contribution < 1.29 is 4.79 Å². The fraction of sp³-hybridized carbons (Fsp3) is 0.571. The Morgan fingerprint density at radius 1 is 1.47 bits per heavy atom. The number of carbonyl (C=O) groups is 1. The van der Waals surface area contributed by atoms with Crippen LogP contribution in [0, 0.1) is 6.92 Å². The molecule has 19 heavy (non-hydrogen) atoms. The molecule has 1 unspecified atom stereocenters. The summed E-state index contributed by atoms with van der Waals surface area (Å²) in [4.78, 5) is 21.0. The Kier molecular flexibility index (Phi) is 4.04. The molecule has 1 saturated heterocycles. The highest BCUT2D eigenvalue weighted by atomic mass is 16.2. The van der Waals surface area contributed by atoms with Crippen molar-refractivity contribution in [1.82, 2.24) is 14.8 Å². The average Bonchev–Trinajstić information content (AvgIpc) is 2.52. The molecular formula is C14H22N4O. The molecule has 1 fully saturated rings. The first-order valence-corrected chi connectivity index (χ1v) is 6.70. The van der Waals surface area contributed by atoms with Gasteiger partial charge in [-0.3, -0.25) is 9.78 Å². The molecule has 2 rings (SSSR count). The molecule has 104 valence electrons. The number of nitrogen functional groups attached to an aromatic ring is 1. The molecule has 1 amide bonds. The van der Waals surface area contributed by atoms with Crippen LogP contribution in [-0.2, 0) is 0 Å². The van der Waals surface area contributed by atoms with Gasteiger partial charge in [-0.25, -0.2) is 0 Å². The Bertz CT molecular complexity index is 475. The molecule has 0 aromatic carbocycles. The SMILES string of the molecule is Cc1ncc(N)cc1C(=O)N1CCCN(C)CC1C. The molecule has 5 heteroatoms. The summed E-state index contributed by atoms with van der Waals surface area (Å²) in [5.74, 6) is 0.0418. The highest BCUT2D eigenvalue weighted by Gasteiger charge is 2.26. The van der Waals surface area contributed by atoms with Crippen LogP contribution in [0.15, 0.2) is 12.3 Å². The highest BCUT2D eigenvalue weighted by molar-refractivity contribution is 5.96.